The normalized spacial score (nSPS) is 10.3. The highest BCUT2D eigenvalue weighted by Crippen LogP contribution is 2.27. The smallest absolute Gasteiger partial charge is 0.335 e. The summed E-state index contributed by atoms with van der Waals surface area (Å²) in [5.74, 6) is -1.30. The van der Waals surface area contributed by atoms with E-state index in [4.69, 9.17) is 5.11 Å². The third kappa shape index (κ3) is 13.7. The first-order valence-corrected chi connectivity index (χ1v) is 16.7. The molecule has 0 aliphatic carbocycles. The van der Waals surface area contributed by atoms with Gasteiger partial charge in [0.05, 0.1) is 16.4 Å². The Hall–Kier alpha value is -5.09. The number of hydrogen-bond acceptors (Lipinski definition) is 6. The van der Waals surface area contributed by atoms with Crippen molar-refractivity contribution < 1.29 is 28.1 Å². The van der Waals surface area contributed by atoms with Gasteiger partial charge in [-0.3, -0.25) is 9.59 Å². The Morgan fingerprint density at radius 2 is 1.00 bits per heavy atom. The maximum absolute atomic E-state index is 12.1. The van der Waals surface area contributed by atoms with Crippen molar-refractivity contribution in [1.29, 1.82) is 0 Å². The van der Waals surface area contributed by atoms with E-state index in [1.165, 1.54) is 41.3 Å². The van der Waals surface area contributed by atoms with Gasteiger partial charge in [-0.1, -0.05) is 78.5 Å². The van der Waals surface area contributed by atoms with Gasteiger partial charge in [-0.25, -0.2) is 13.4 Å². The van der Waals surface area contributed by atoms with Crippen molar-refractivity contribution >= 4 is 53.7 Å². The molecule has 0 heterocycles. The van der Waals surface area contributed by atoms with Crippen molar-refractivity contribution in [3.8, 4) is 0 Å². The average molecular weight is 695 g/mol. The van der Waals surface area contributed by atoms with Crippen LogP contribution in [0.15, 0.2) is 188 Å². The SMILES string of the molecule is O=C(O)c1ccc(S(=O)c2ccccc2)cc1.O=Cc1ccc(F)cc1.O=Cc1ccc(Sc2ccccc2)cc1.Sc1ccccc1. The van der Waals surface area contributed by atoms with Crippen molar-refractivity contribution in [3.63, 3.8) is 0 Å². The van der Waals surface area contributed by atoms with Gasteiger partial charge in [0.1, 0.15) is 18.4 Å². The molecule has 242 valence electrons. The molecule has 6 aromatic rings. The van der Waals surface area contributed by atoms with Gasteiger partial charge >= 0.3 is 5.97 Å². The molecule has 6 rings (SSSR count). The predicted octanol–water partition coefficient (Wildman–Crippen LogP) is 9.82. The monoisotopic (exact) mass is 694 g/mol. The maximum Gasteiger partial charge on any atom is 0.335 e. The van der Waals surface area contributed by atoms with Crippen LogP contribution in [0, 0.1) is 5.82 Å². The molecule has 0 aliphatic heterocycles. The summed E-state index contributed by atoms with van der Waals surface area (Å²) < 4.78 is 24.2. The van der Waals surface area contributed by atoms with Crippen LogP contribution in [0.1, 0.15) is 31.1 Å². The molecule has 0 aliphatic rings. The molecule has 0 bridgehead atoms. The fourth-order valence-corrected chi connectivity index (χ4v) is 5.68. The minimum Gasteiger partial charge on any atom is -0.478 e. The third-order valence-electron chi connectivity index (χ3n) is 6.03. The molecule has 0 fully saturated rings. The summed E-state index contributed by atoms with van der Waals surface area (Å²) in [7, 11) is -1.26. The highest BCUT2D eigenvalue weighted by atomic mass is 32.2. The topological polar surface area (TPSA) is 88.5 Å². The van der Waals surface area contributed by atoms with Crippen molar-refractivity contribution in [2.24, 2.45) is 0 Å². The van der Waals surface area contributed by atoms with E-state index < -0.39 is 16.8 Å². The molecule has 1 unspecified atom stereocenters. The van der Waals surface area contributed by atoms with Crippen molar-refractivity contribution in [3.05, 3.63) is 186 Å². The summed E-state index contributed by atoms with van der Waals surface area (Å²) in [4.78, 5) is 35.8. The number of halogens is 1. The molecular formula is C39H31FO5S3. The van der Waals surface area contributed by atoms with Gasteiger partial charge in [0, 0.05) is 35.6 Å². The third-order valence-corrected chi connectivity index (χ3v) is 8.74. The predicted molar refractivity (Wildman–Crippen MR) is 192 cm³/mol. The Morgan fingerprint density at radius 1 is 0.583 bits per heavy atom. The number of aldehydes is 2. The zero-order chi connectivity index (χ0) is 34.6. The van der Waals surface area contributed by atoms with E-state index in [1.54, 1.807) is 36.0 Å². The van der Waals surface area contributed by atoms with Crippen LogP contribution in [0.25, 0.3) is 0 Å². The van der Waals surface area contributed by atoms with E-state index in [9.17, 15) is 23.0 Å². The Balaban J connectivity index is 0.000000183. The summed E-state index contributed by atoms with van der Waals surface area (Å²) in [6.07, 6.45) is 1.54. The minimum atomic E-state index is -1.26. The second-order valence-electron chi connectivity index (χ2n) is 9.52. The van der Waals surface area contributed by atoms with E-state index in [1.807, 2.05) is 91.0 Å². The second-order valence-corrected chi connectivity index (χ2v) is 12.7. The first kappa shape index (κ1) is 37.4. The number of thiol groups is 1. The lowest BCUT2D eigenvalue weighted by Gasteiger charge is -2.02. The number of rotatable bonds is 7. The molecule has 0 spiro atoms. The second kappa shape index (κ2) is 20.9. The molecule has 0 saturated carbocycles. The first-order valence-electron chi connectivity index (χ1n) is 14.3. The van der Waals surface area contributed by atoms with Gasteiger partial charge in [-0.15, -0.1) is 12.6 Å². The van der Waals surface area contributed by atoms with Crippen LogP contribution in [-0.2, 0) is 10.8 Å². The molecule has 0 radical (unpaired) electrons. The number of carbonyl (C=O) groups excluding carboxylic acids is 2. The Bertz CT molecular complexity index is 1850. The van der Waals surface area contributed by atoms with Crippen LogP contribution in [0.3, 0.4) is 0 Å². The lowest BCUT2D eigenvalue weighted by Crippen LogP contribution is -1.97. The van der Waals surface area contributed by atoms with E-state index in [0.29, 0.717) is 27.2 Å². The number of carbonyl (C=O) groups is 3. The fraction of sp³-hybridized carbons (Fsp3) is 0. The number of hydrogen-bond donors (Lipinski definition) is 2. The van der Waals surface area contributed by atoms with Gasteiger partial charge in [0.25, 0.3) is 0 Å². The Labute approximate surface area is 291 Å². The molecule has 0 saturated heterocycles. The molecule has 0 aromatic heterocycles. The molecule has 0 amide bonds. The highest BCUT2D eigenvalue weighted by Gasteiger charge is 2.08. The summed E-state index contributed by atoms with van der Waals surface area (Å²) in [5, 5.41) is 8.76. The Kier molecular flexibility index (Phi) is 16.3. The Morgan fingerprint density at radius 3 is 1.44 bits per heavy atom. The summed E-state index contributed by atoms with van der Waals surface area (Å²) >= 11 is 5.78. The van der Waals surface area contributed by atoms with Crippen LogP contribution >= 0.6 is 24.4 Å². The molecule has 48 heavy (non-hydrogen) atoms. The number of aromatic carboxylic acids is 1. The summed E-state index contributed by atoms with van der Waals surface area (Å²) in [5.41, 5.74) is 1.41. The molecule has 5 nitrogen and oxygen atoms in total. The van der Waals surface area contributed by atoms with Gasteiger partial charge in [0.2, 0.25) is 0 Å². The largest absolute Gasteiger partial charge is 0.478 e. The van der Waals surface area contributed by atoms with Crippen molar-refractivity contribution in [1.82, 2.24) is 0 Å². The minimum absolute atomic E-state index is 0.193. The first-order chi connectivity index (χ1) is 23.3. The summed E-state index contributed by atoms with van der Waals surface area (Å²) in [6, 6.07) is 48.0. The number of benzene rings is 6. The summed E-state index contributed by atoms with van der Waals surface area (Å²) in [6.45, 7) is 0. The number of carboxylic acid groups (broad SMARTS) is 1. The van der Waals surface area contributed by atoms with E-state index in [0.717, 1.165) is 16.1 Å². The van der Waals surface area contributed by atoms with Crippen LogP contribution < -0.4 is 0 Å². The maximum atomic E-state index is 12.1. The lowest BCUT2D eigenvalue weighted by atomic mass is 10.2. The van der Waals surface area contributed by atoms with Crippen LogP contribution in [0.4, 0.5) is 4.39 Å². The van der Waals surface area contributed by atoms with E-state index in [2.05, 4.69) is 24.8 Å². The zero-order valence-electron chi connectivity index (χ0n) is 25.5. The quantitative estimate of drug-likeness (QED) is 0.128. The molecule has 9 heteroatoms. The molecular weight excluding hydrogens is 664 g/mol. The van der Waals surface area contributed by atoms with Crippen molar-refractivity contribution in [2.75, 3.05) is 0 Å². The van der Waals surface area contributed by atoms with Crippen molar-refractivity contribution in [2.45, 2.75) is 24.5 Å². The van der Waals surface area contributed by atoms with E-state index in [-0.39, 0.29) is 11.4 Å². The van der Waals surface area contributed by atoms with Crippen LogP contribution in [0.2, 0.25) is 0 Å². The fourth-order valence-electron chi connectivity index (χ4n) is 3.61. The number of carboxylic acids is 1. The molecule has 6 aromatic carbocycles. The zero-order valence-corrected chi connectivity index (χ0v) is 28.0. The lowest BCUT2D eigenvalue weighted by molar-refractivity contribution is 0.0696. The van der Waals surface area contributed by atoms with Gasteiger partial charge in [-0.05, 0) is 97.1 Å². The van der Waals surface area contributed by atoms with Crippen LogP contribution in [-0.4, -0.2) is 27.9 Å². The standard InChI is InChI=1S/C13H10O3S.C13H10OS.C7H5FO.C6H6S/c14-13(15)10-6-8-12(9-7-10)17(16)11-4-2-1-3-5-11;14-10-11-6-8-13(9-7-11)15-12-4-2-1-3-5-12;8-7-3-1-6(5-9)2-4-7;7-6-4-2-1-3-5-6/h1-9H,(H,14,15);1-10H;1-5H;1-5,7H. The molecule has 1 N–H and O–H groups in total. The van der Waals surface area contributed by atoms with Gasteiger partial charge in [-0.2, -0.15) is 0 Å². The van der Waals surface area contributed by atoms with Gasteiger partial charge in [0.15, 0.2) is 0 Å². The average Bonchev–Trinajstić information content (AvgIpc) is 3.14. The highest BCUT2D eigenvalue weighted by molar-refractivity contribution is 7.99. The van der Waals surface area contributed by atoms with Gasteiger partial charge < -0.3 is 5.11 Å². The molecule has 1 atom stereocenters. The van der Waals surface area contributed by atoms with E-state index >= 15 is 0 Å². The van der Waals surface area contributed by atoms with Crippen LogP contribution in [0.5, 0.6) is 0 Å².